The number of amides is 1. The summed E-state index contributed by atoms with van der Waals surface area (Å²) in [6.45, 7) is 11.7. The van der Waals surface area contributed by atoms with Crippen molar-refractivity contribution >= 4 is 35.8 Å². The van der Waals surface area contributed by atoms with Gasteiger partial charge in [-0.15, -0.1) is 24.0 Å². The van der Waals surface area contributed by atoms with Gasteiger partial charge in [-0.2, -0.15) is 0 Å². The van der Waals surface area contributed by atoms with Crippen LogP contribution in [0.1, 0.15) is 53.0 Å². The number of halogens is 1. The van der Waals surface area contributed by atoms with Crippen molar-refractivity contribution < 1.29 is 4.79 Å². The topological polar surface area (TPSA) is 74.6 Å². The van der Waals surface area contributed by atoms with Gasteiger partial charge >= 0.3 is 0 Å². The van der Waals surface area contributed by atoms with Crippen LogP contribution in [-0.2, 0) is 4.79 Å². The number of guanidine groups is 1. The van der Waals surface area contributed by atoms with Crippen LogP contribution < -0.4 is 10.6 Å². The summed E-state index contributed by atoms with van der Waals surface area (Å²) in [5.41, 5.74) is 0. The molecule has 154 valence electrons. The van der Waals surface area contributed by atoms with Gasteiger partial charge in [-0.05, 0) is 32.6 Å². The second kappa shape index (κ2) is 12.2. The minimum Gasteiger partial charge on any atom is -0.357 e. The molecule has 7 nitrogen and oxygen atoms in total. The fourth-order valence-corrected chi connectivity index (χ4v) is 3.23. The molecule has 3 atom stereocenters. The van der Waals surface area contributed by atoms with E-state index in [1.165, 1.54) is 0 Å². The molecule has 1 saturated heterocycles. The lowest BCUT2D eigenvalue weighted by Crippen LogP contribution is -2.49. The van der Waals surface area contributed by atoms with E-state index in [0.29, 0.717) is 24.9 Å². The molecule has 1 aromatic heterocycles. The van der Waals surface area contributed by atoms with E-state index in [2.05, 4.69) is 45.9 Å². The molecule has 0 bridgehead atoms. The van der Waals surface area contributed by atoms with E-state index < -0.39 is 0 Å². The molecule has 0 aliphatic carbocycles. The quantitative estimate of drug-likeness (QED) is 0.350. The molecular weight excluding hydrogens is 455 g/mol. The van der Waals surface area contributed by atoms with Gasteiger partial charge < -0.3 is 20.1 Å². The molecule has 2 heterocycles. The maximum Gasteiger partial charge on any atom is 0.222 e. The molecule has 27 heavy (non-hydrogen) atoms. The molecule has 0 saturated carbocycles. The molecule has 8 heteroatoms. The van der Waals surface area contributed by atoms with Gasteiger partial charge in [-0.25, -0.2) is 4.98 Å². The van der Waals surface area contributed by atoms with Crippen LogP contribution in [0.15, 0.2) is 23.7 Å². The highest BCUT2D eigenvalue weighted by atomic mass is 127. The number of aromatic nitrogens is 2. The third-order valence-electron chi connectivity index (χ3n) is 5.08. The first-order chi connectivity index (χ1) is 12.5. The number of hydrogen-bond donors (Lipinski definition) is 2. The van der Waals surface area contributed by atoms with Crippen molar-refractivity contribution in [2.24, 2.45) is 10.9 Å². The zero-order chi connectivity index (χ0) is 18.9. The largest absolute Gasteiger partial charge is 0.357 e. The number of piperidine rings is 1. The predicted molar refractivity (Wildman–Crippen MR) is 121 cm³/mol. The summed E-state index contributed by atoms with van der Waals surface area (Å²) >= 11 is 0. The van der Waals surface area contributed by atoms with E-state index in [4.69, 9.17) is 4.99 Å². The van der Waals surface area contributed by atoms with Crippen molar-refractivity contribution in [3.05, 3.63) is 18.7 Å². The third kappa shape index (κ3) is 7.31. The van der Waals surface area contributed by atoms with Gasteiger partial charge in [-0.3, -0.25) is 9.79 Å². The van der Waals surface area contributed by atoms with E-state index in [1.54, 1.807) is 0 Å². The van der Waals surface area contributed by atoms with E-state index in [-0.39, 0.29) is 35.9 Å². The normalized spacial score (nSPS) is 21.3. The van der Waals surface area contributed by atoms with Gasteiger partial charge in [-0.1, -0.05) is 13.8 Å². The Balaban J connectivity index is 0.00000364. The summed E-state index contributed by atoms with van der Waals surface area (Å²) in [5, 5.41) is 6.37. The van der Waals surface area contributed by atoms with Gasteiger partial charge in [0.2, 0.25) is 5.91 Å². The summed E-state index contributed by atoms with van der Waals surface area (Å²) in [6.07, 6.45) is 8.25. The Kier molecular flexibility index (Phi) is 10.7. The standard InChI is InChI=1S/C19H34N6O.HI/c1-5-16(4)23-18(26)7-9-22-19(21-6-2)24-11-8-15(3)17(13-24)25-12-10-20-14-25;/h10,12,14-17H,5-9,11,13H2,1-4H3,(H,21,22)(H,23,26);1H. The molecule has 1 aliphatic rings. The van der Waals surface area contributed by atoms with E-state index in [1.807, 2.05) is 25.6 Å². The van der Waals surface area contributed by atoms with E-state index in [9.17, 15) is 4.79 Å². The fraction of sp³-hybridized carbons (Fsp3) is 0.737. The lowest BCUT2D eigenvalue weighted by Gasteiger charge is -2.39. The fourth-order valence-electron chi connectivity index (χ4n) is 3.23. The van der Waals surface area contributed by atoms with Crippen LogP contribution in [0.3, 0.4) is 0 Å². The molecule has 1 aliphatic heterocycles. The monoisotopic (exact) mass is 490 g/mol. The number of carbonyl (C=O) groups excluding carboxylic acids is 1. The summed E-state index contributed by atoms with van der Waals surface area (Å²) in [7, 11) is 0. The third-order valence-corrected chi connectivity index (χ3v) is 5.08. The number of rotatable bonds is 7. The summed E-state index contributed by atoms with van der Waals surface area (Å²) in [6, 6.07) is 0.614. The Morgan fingerprint density at radius 2 is 2.19 bits per heavy atom. The minimum atomic E-state index is 0. The number of imidazole rings is 1. The van der Waals surface area contributed by atoms with Gasteiger partial charge in [0, 0.05) is 44.5 Å². The molecule has 0 radical (unpaired) electrons. The van der Waals surface area contributed by atoms with Crippen LogP contribution in [-0.4, -0.2) is 58.5 Å². The second-order valence-electron chi connectivity index (χ2n) is 7.15. The molecule has 0 aromatic carbocycles. The van der Waals surface area contributed by atoms with E-state index in [0.717, 1.165) is 38.4 Å². The summed E-state index contributed by atoms with van der Waals surface area (Å²) in [5.74, 6) is 1.58. The van der Waals surface area contributed by atoms with Crippen LogP contribution >= 0.6 is 24.0 Å². The molecule has 1 aromatic rings. The Morgan fingerprint density at radius 3 is 2.81 bits per heavy atom. The molecule has 1 amide bonds. The molecule has 2 rings (SSSR count). The van der Waals surface area contributed by atoms with Crippen molar-refractivity contribution in [3.63, 3.8) is 0 Å². The number of carbonyl (C=O) groups is 1. The summed E-state index contributed by atoms with van der Waals surface area (Å²) in [4.78, 5) is 23.1. The second-order valence-corrected chi connectivity index (χ2v) is 7.15. The average molecular weight is 490 g/mol. The maximum atomic E-state index is 12.0. The first-order valence-electron chi connectivity index (χ1n) is 9.85. The molecule has 3 unspecified atom stereocenters. The van der Waals surface area contributed by atoms with Gasteiger partial charge in [0.25, 0.3) is 0 Å². The highest BCUT2D eigenvalue weighted by Crippen LogP contribution is 2.27. The van der Waals surface area contributed by atoms with Crippen LogP contribution in [0.5, 0.6) is 0 Å². The van der Waals surface area contributed by atoms with Gasteiger partial charge in [0.05, 0.1) is 18.9 Å². The average Bonchev–Trinajstić information content (AvgIpc) is 3.15. The van der Waals surface area contributed by atoms with Crippen molar-refractivity contribution in [1.82, 2.24) is 25.1 Å². The molecule has 2 N–H and O–H groups in total. The number of nitrogens with one attached hydrogen (secondary N) is 2. The lowest BCUT2D eigenvalue weighted by atomic mass is 9.93. The zero-order valence-corrected chi connectivity index (χ0v) is 19.3. The first kappa shape index (κ1) is 23.7. The van der Waals surface area contributed by atoms with Crippen molar-refractivity contribution in [3.8, 4) is 0 Å². The number of hydrogen-bond acceptors (Lipinski definition) is 3. The zero-order valence-electron chi connectivity index (χ0n) is 17.0. The lowest BCUT2D eigenvalue weighted by molar-refractivity contribution is -0.121. The smallest absolute Gasteiger partial charge is 0.222 e. The number of nitrogens with zero attached hydrogens (tertiary/aromatic N) is 4. The van der Waals surface area contributed by atoms with Crippen LogP contribution in [0, 0.1) is 5.92 Å². The van der Waals surface area contributed by atoms with Crippen molar-refractivity contribution in [2.75, 3.05) is 26.2 Å². The van der Waals surface area contributed by atoms with Crippen LogP contribution in [0.4, 0.5) is 0 Å². The first-order valence-corrected chi connectivity index (χ1v) is 9.85. The predicted octanol–water partition coefficient (Wildman–Crippen LogP) is 2.65. The summed E-state index contributed by atoms with van der Waals surface area (Å²) < 4.78 is 2.19. The Bertz CT molecular complexity index is 577. The van der Waals surface area contributed by atoms with Gasteiger partial charge in [0.1, 0.15) is 0 Å². The SMILES string of the molecule is CCNC(=NCCC(=O)NC(C)CC)N1CCC(C)C(n2ccnc2)C1.I. The van der Waals surface area contributed by atoms with Crippen molar-refractivity contribution in [2.45, 2.75) is 59.0 Å². The molecule has 0 spiro atoms. The maximum absolute atomic E-state index is 12.0. The van der Waals surface area contributed by atoms with Crippen LogP contribution in [0.25, 0.3) is 0 Å². The van der Waals surface area contributed by atoms with Gasteiger partial charge in [0.15, 0.2) is 5.96 Å². The van der Waals surface area contributed by atoms with Crippen molar-refractivity contribution in [1.29, 1.82) is 0 Å². The Morgan fingerprint density at radius 1 is 1.41 bits per heavy atom. The van der Waals surface area contributed by atoms with E-state index >= 15 is 0 Å². The highest BCUT2D eigenvalue weighted by Gasteiger charge is 2.28. The highest BCUT2D eigenvalue weighted by molar-refractivity contribution is 14.0. The Hall–Kier alpha value is -1.32. The molecule has 1 fully saturated rings. The van der Waals surface area contributed by atoms with Crippen LogP contribution in [0.2, 0.25) is 0 Å². The number of likely N-dealkylation sites (tertiary alicyclic amines) is 1. The Labute approximate surface area is 180 Å². The minimum absolute atomic E-state index is 0. The molecular formula is C19H35IN6O. The number of aliphatic imine (C=N–C) groups is 1.